The fourth-order valence-corrected chi connectivity index (χ4v) is 3.75. The maximum Gasteiger partial charge on any atom is 0.258 e. The van der Waals surface area contributed by atoms with Crippen molar-refractivity contribution in [3.05, 3.63) is 34.8 Å². The molecule has 1 heterocycles. The number of rotatable bonds is 7. The van der Waals surface area contributed by atoms with Crippen LogP contribution in [0.3, 0.4) is 0 Å². The number of thioether (sulfide) groups is 1. The van der Waals surface area contributed by atoms with E-state index >= 15 is 0 Å². The summed E-state index contributed by atoms with van der Waals surface area (Å²) in [6.45, 7) is 6.41. The van der Waals surface area contributed by atoms with Crippen molar-refractivity contribution < 1.29 is 4.79 Å². The minimum Gasteiger partial charge on any atom is -0.296 e. The monoisotopic (exact) mass is 335 g/mol. The van der Waals surface area contributed by atoms with Gasteiger partial charge in [-0.05, 0) is 30.2 Å². The Labute approximate surface area is 139 Å². The number of carbonyl (C=O) groups excluding carboxylic acids is 1. The largest absolute Gasteiger partial charge is 0.296 e. The zero-order chi connectivity index (χ0) is 15.9. The summed E-state index contributed by atoms with van der Waals surface area (Å²) in [6.07, 6.45) is 1.96. The summed E-state index contributed by atoms with van der Waals surface area (Å²) in [7, 11) is 0. The van der Waals surface area contributed by atoms with Crippen LogP contribution >= 0.6 is 23.1 Å². The summed E-state index contributed by atoms with van der Waals surface area (Å²) >= 11 is 3.15. The van der Waals surface area contributed by atoms with Crippen molar-refractivity contribution in [2.45, 2.75) is 38.5 Å². The Hall–Kier alpha value is -1.40. The van der Waals surface area contributed by atoms with Crippen LogP contribution in [0.1, 0.15) is 42.6 Å². The highest BCUT2D eigenvalue weighted by Gasteiger charge is 2.14. The third-order valence-corrected chi connectivity index (χ3v) is 5.00. The van der Waals surface area contributed by atoms with Gasteiger partial charge >= 0.3 is 0 Å². The van der Waals surface area contributed by atoms with E-state index < -0.39 is 0 Å². The van der Waals surface area contributed by atoms with E-state index in [0.717, 1.165) is 28.5 Å². The van der Waals surface area contributed by atoms with Crippen molar-refractivity contribution >= 4 is 34.1 Å². The summed E-state index contributed by atoms with van der Waals surface area (Å²) in [5.41, 5.74) is 0.696. The lowest BCUT2D eigenvalue weighted by Gasteiger charge is -2.07. The molecule has 1 N–H and O–H groups in total. The molecule has 0 aliphatic rings. The van der Waals surface area contributed by atoms with Gasteiger partial charge in [-0.2, -0.15) is 0 Å². The zero-order valence-electron chi connectivity index (χ0n) is 13.1. The maximum atomic E-state index is 12.4. The lowest BCUT2D eigenvalue weighted by atomic mass is 10.1. The molecule has 4 nitrogen and oxygen atoms in total. The molecule has 0 spiro atoms. The van der Waals surface area contributed by atoms with Crippen molar-refractivity contribution in [1.29, 1.82) is 0 Å². The summed E-state index contributed by atoms with van der Waals surface area (Å²) in [6, 6.07) is 7.68. The third-order valence-electron chi connectivity index (χ3n) is 2.86. The van der Waals surface area contributed by atoms with Gasteiger partial charge < -0.3 is 0 Å². The van der Waals surface area contributed by atoms with Gasteiger partial charge in [-0.1, -0.05) is 44.2 Å². The third kappa shape index (κ3) is 4.81. The quantitative estimate of drug-likeness (QED) is 0.757. The smallest absolute Gasteiger partial charge is 0.258 e. The molecular weight excluding hydrogens is 314 g/mol. The second-order valence-corrected chi connectivity index (χ2v) is 7.60. The van der Waals surface area contributed by atoms with Crippen LogP contribution in [0.25, 0.3) is 0 Å². The highest BCUT2D eigenvalue weighted by molar-refractivity contribution is 7.99. The van der Waals surface area contributed by atoms with E-state index in [4.69, 9.17) is 0 Å². The van der Waals surface area contributed by atoms with Crippen LogP contribution in [0, 0.1) is 5.92 Å². The first-order valence-corrected chi connectivity index (χ1v) is 9.26. The second-order valence-electron chi connectivity index (χ2n) is 5.40. The first-order valence-electron chi connectivity index (χ1n) is 7.45. The predicted molar refractivity (Wildman–Crippen MR) is 93.9 cm³/mol. The predicted octanol–water partition coefficient (Wildman–Crippen LogP) is 4.49. The van der Waals surface area contributed by atoms with E-state index in [9.17, 15) is 4.79 Å². The Balaban J connectivity index is 2.07. The number of hydrogen-bond donors (Lipinski definition) is 1. The van der Waals surface area contributed by atoms with E-state index in [1.165, 1.54) is 11.3 Å². The van der Waals surface area contributed by atoms with Gasteiger partial charge in [0.15, 0.2) is 0 Å². The second kappa shape index (κ2) is 8.29. The SMILES string of the molecule is CCCSc1ccccc1C(=O)Nc1nnc(CC(C)C)s1. The molecule has 1 aromatic heterocycles. The van der Waals surface area contributed by atoms with Gasteiger partial charge in [0, 0.05) is 11.3 Å². The average molecular weight is 335 g/mol. The number of aromatic nitrogens is 2. The average Bonchev–Trinajstić information content (AvgIpc) is 2.91. The van der Waals surface area contributed by atoms with Crippen LogP contribution in [0.5, 0.6) is 0 Å². The van der Waals surface area contributed by atoms with E-state index in [-0.39, 0.29) is 5.91 Å². The summed E-state index contributed by atoms with van der Waals surface area (Å²) < 4.78 is 0. The minimum absolute atomic E-state index is 0.119. The molecule has 6 heteroatoms. The van der Waals surface area contributed by atoms with E-state index in [1.807, 2.05) is 24.3 Å². The molecule has 0 unspecified atom stereocenters. The van der Waals surface area contributed by atoms with Crippen LogP contribution in [-0.2, 0) is 6.42 Å². The molecule has 0 saturated heterocycles. The van der Waals surface area contributed by atoms with Gasteiger partial charge in [0.25, 0.3) is 5.91 Å². The Kier molecular flexibility index (Phi) is 6.39. The molecule has 2 aromatic rings. The molecule has 0 radical (unpaired) electrons. The Morgan fingerprint density at radius 2 is 2.09 bits per heavy atom. The number of nitrogens with zero attached hydrogens (tertiary/aromatic N) is 2. The van der Waals surface area contributed by atoms with Crippen molar-refractivity contribution in [3.63, 3.8) is 0 Å². The van der Waals surface area contributed by atoms with Gasteiger partial charge in [0.2, 0.25) is 5.13 Å². The normalized spacial score (nSPS) is 10.9. The molecule has 1 aromatic carbocycles. The molecule has 0 fully saturated rings. The van der Waals surface area contributed by atoms with Crippen LogP contribution in [0.4, 0.5) is 5.13 Å². The van der Waals surface area contributed by atoms with E-state index in [1.54, 1.807) is 11.8 Å². The minimum atomic E-state index is -0.119. The number of hydrogen-bond acceptors (Lipinski definition) is 5. The van der Waals surface area contributed by atoms with Crippen molar-refractivity contribution in [1.82, 2.24) is 10.2 Å². The molecule has 118 valence electrons. The first-order chi connectivity index (χ1) is 10.6. The molecule has 0 aliphatic carbocycles. The molecule has 22 heavy (non-hydrogen) atoms. The van der Waals surface area contributed by atoms with Gasteiger partial charge in [0.1, 0.15) is 5.01 Å². The van der Waals surface area contributed by atoms with Crippen molar-refractivity contribution in [2.75, 3.05) is 11.1 Å². The molecule has 0 atom stereocenters. The fraction of sp³-hybridized carbons (Fsp3) is 0.438. The van der Waals surface area contributed by atoms with Gasteiger partial charge in [-0.3, -0.25) is 10.1 Å². The first kappa shape index (κ1) is 17.0. The maximum absolute atomic E-state index is 12.4. The molecule has 0 aliphatic heterocycles. The van der Waals surface area contributed by atoms with Crippen LogP contribution in [0.15, 0.2) is 29.2 Å². The Morgan fingerprint density at radius 3 is 2.82 bits per heavy atom. The zero-order valence-corrected chi connectivity index (χ0v) is 14.8. The van der Waals surface area contributed by atoms with Crippen LogP contribution in [0.2, 0.25) is 0 Å². The van der Waals surface area contributed by atoms with Crippen molar-refractivity contribution in [2.24, 2.45) is 5.92 Å². The fourth-order valence-electron chi connectivity index (χ4n) is 1.89. The lowest BCUT2D eigenvalue weighted by Crippen LogP contribution is -2.12. The van der Waals surface area contributed by atoms with E-state index in [0.29, 0.717) is 16.6 Å². The van der Waals surface area contributed by atoms with Gasteiger partial charge in [0.05, 0.1) is 5.56 Å². The molecule has 2 rings (SSSR count). The summed E-state index contributed by atoms with van der Waals surface area (Å²) in [5.74, 6) is 1.41. The van der Waals surface area contributed by atoms with Gasteiger partial charge in [-0.15, -0.1) is 22.0 Å². The van der Waals surface area contributed by atoms with Crippen LogP contribution < -0.4 is 5.32 Å². The summed E-state index contributed by atoms with van der Waals surface area (Å²) in [5, 5.41) is 12.6. The highest BCUT2D eigenvalue weighted by atomic mass is 32.2. The molecule has 0 bridgehead atoms. The number of nitrogens with one attached hydrogen (secondary N) is 1. The van der Waals surface area contributed by atoms with Gasteiger partial charge in [-0.25, -0.2) is 0 Å². The number of benzene rings is 1. The highest BCUT2D eigenvalue weighted by Crippen LogP contribution is 2.25. The Bertz CT molecular complexity index is 625. The molecule has 0 saturated carbocycles. The summed E-state index contributed by atoms with van der Waals surface area (Å²) in [4.78, 5) is 13.5. The topological polar surface area (TPSA) is 54.9 Å². The standard InChI is InChI=1S/C16H21N3OS2/c1-4-9-21-13-8-6-5-7-12(13)15(20)17-16-19-18-14(22-16)10-11(2)3/h5-8,11H,4,9-10H2,1-3H3,(H,17,19,20). The van der Waals surface area contributed by atoms with Crippen LogP contribution in [-0.4, -0.2) is 21.9 Å². The van der Waals surface area contributed by atoms with Crippen molar-refractivity contribution in [3.8, 4) is 0 Å². The number of anilines is 1. The Morgan fingerprint density at radius 1 is 1.32 bits per heavy atom. The number of amides is 1. The molecular formula is C16H21N3OS2. The number of carbonyl (C=O) groups is 1. The lowest BCUT2D eigenvalue weighted by molar-refractivity contribution is 0.102. The van der Waals surface area contributed by atoms with E-state index in [2.05, 4.69) is 36.3 Å². The molecule has 1 amide bonds.